The Bertz CT molecular complexity index is 657. The summed E-state index contributed by atoms with van der Waals surface area (Å²) < 4.78 is 5.38. The van der Waals surface area contributed by atoms with Crippen LogP contribution < -0.4 is 4.90 Å². The maximum absolute atomic E-state index is 12.8. The van der Waals surface area contributed by atoms with Crippen molar-refractivity contribution < 1.29 is 9.53 Å². The minimum atomic E-state index is -0.0311. The number of anilines is 1. The van der Waals surface area contributed by atoms with Crippen LogP contribution in [0.25, 0.3) is 0 Å². The summed E-state index contributed by atoms with van der Waals surface area (Å²) >= 11 is 0. The predicted octanol–water partition coefficient (Wildman–Crippen LogP) is 1.59. The Balaban J connectivity index is 1.79. The van der Waals surface area contributed by atoms with Gasteiger partial charge >= 0.3 is 0 Å². The largest absolute Gasteiger partial charge is 0.378 e. The maximum Gasteiger partial charge on any atom is 0.257 e. The summed E-state index contributed by atoms with van der Waals surface area (Å²) in [6, 6.07) is 7.46. The monoisotopic (exact) mass is 312 g/mol. The van der Waals surface area contributed by atoms with Gasteiger partial charge in [-0.1, -0.05) is 0 Å². The van der Waals surface area contributed by atoms with Crippen molar-refractivity contribution >= 4 is 11.7 Å². The van der Waals surface area contributed by atoms with E-state index in [1.54, 1.807) is 36.6 Å². The number of amides is 1. The third-order valence-corrected chi connectivity index (χ3v) is 3.84. The van der Waals surface area contributed by atoms with E-state index in [-0.39, 0.29) is 5.91 Å². The Morgan fingerprint density at radius 1 is 1.22 bits per heavy atom. The summed E-state index contributed by atoms with van der Waals surface area (Å²) in [7, 11) is 1.80. The molecule has 1 aliphatic rings. The summed E-state index contributed by atoms with van der Waals surface area (Å²) in [5, 5.41) is 0. The van der Waals surface area contributed by atoms with Crippen molar-refractivity contribution in [2.45, 2.75) is 6.54 Å². The van der Waals surface area contributed by atoms with Crippen molar-refractivity contribution in [3.05, 3.63) is 54.0 Å². The molecule has 2 aromatic heterocycles. The van der Waals surface area contributed by atoms with E-state index in [0.29, 0.717) is 25.3 Å². The number of ether oxygens (including phenoxy) is 1. The van der Waals surface area contributed by atoms with Gasteiger partial charge in [0.15, 0.2) is 0 Å². The van der Waals surface area contributed by atoms with E-state index in [2.05, 4.69) is 14.9 Å². The Morgan fingerprint density at radius 2 is 1.96 bits per heavy atom. The van der Waals surface area contributed by atoms with Gasteiger partial charge in [0.05, 0.1) is 18.8 Å². The molecule has 6 nitrogen and oxygen atoms in total. The van der Waals surface area contributed by atoms with E-state index >= 15 is 0 Å². The molecular formula is C17H20N4O2. The summed E-state index contributed by atoms with van der Waals surface area (Å²) in [6.45, 7) is 3.38. The van der Waals surface area contributed by atoms with Gasteiger partial charge < -0.3 is 14.5 Å². The molecule has 0 bridgehead atoms. The van der Waals surface area contributed by atoms with Crippen molar-refractivity contribution in [1.29, 1.82) is 0 Å². The molecule has 3 heterocycles. The Labute approximate surface area is 135 Å². The maximum atomic E-state index is 12.8. The highest BCUT2D eigenvalue weighted by Gasteiger charge is 2.22. The molecule has 0 N–H and O–H groups in total. The van der Waals surface area contributed by atoms with Crippen LogP contribution in [-0.4, -0.2) is 54.1 Å². The number of carbonyl (C=O) groups excluding carboxylic acids is 1. The topological polar surface area (TPSA) is 58.6 Å². The lowest BCUT2D eigenvalue weighted by atomic mass is 10.2. The Hall–Kier alpha value is -2.47. The average molecular weight is 312 g/mol. The standard InChI is InChI=1S/C17H20N4O2/c1-20(13-14-4-7-18-8-5-14)17(22)15-3-2-6-19-16(15)21-9-11-23-12-10-21/h2-8H,9-13H2,1H3. The van der Waals surface area contributed by atoms with E-state index in [1.165, 1.54) is 0 Å². The fourth-order valence-corrected chi connectivity index (χ4v) is 2.63. The zero-order chi connectivity index (χ0) is 16.1. The van der Waals surface area contributed by atoms with Crippen LogP contribution in [0.4, 0.5) is 5.82 Å². The van der Waals surface area contributed by atoms with Crippen LogP contribution in [0, 0.1) is 0 Å². The van der Waals surface area contributed by atoms with E-state index in [9.17, 15) is 4.79 Å². The lowest BCUT2D eigenvalue weighted by Crippen LogP contribution is -2.38. The van der Waals surface area contributed by atoms with E-state index in [1.807, 2.05) is 18.2 Å². The van der Waals surface area contributed by atoms with Gasteiger partial charge in [-0.2, -0.15) is 0 Å². The molecule has 1 fully saturated rings. The normalized spacial score (nSPS) is 14.6. The summed E-state index contributed by atoms with van der Waals surface area (Å²) in [4.78, 5) is 25.1. The summed E-state index contributed by atoms with van der Waals surface area (Å²) in [5.74, 6) is 0.707. The third kappa shape index (κ3) is 3.65. The number of aromatic nitrogens is 2. The molecular weight excluding hydrogens is 292 g/mol. The average Bonchev–Trinajstić information content (AvgIpc) is 2.62. The Morgan fingerprint density at radius 3 is 2.70 bits per heavy atom. The van der Waals surface area contributed by atoms with Crippen LogP contribution in [0.15, 0.2) is 42.9 Å². The first-order valence-corrected chi connectivity index (χ1v) is 7.68. The van der Waals surface area contributed by atoms with Crippen LogP contribution in [0.1, 0.15) is 15.9 Å². The molecule has 0 atom stereocenters. The lowest BCUT2D eigenvalue weighted by molar-refractivity contribution is 0.0784. The number of hydrogen-bond donors (Lipinski definition) is 0. The number of pyridine rings is 2. The number of morpholine rings is 1. The molecule has 6 heteroatoms. The van der Waals surface area contributed by atoms with E-state index in [0.717, 1.165) is 24.5 Å². The van der Waals surface area contributed by atoms with Crippen LogP contribution in [-0.2, 0) is 11.3 Å². The number of hydrogen-bond acceptors (Lipinski definition) is 5. The molecule has 0 saturated carbocycles. The molecule has 120 valence electrons. The molecule has 0 spiro atoms. The van der Waals surface area contributed by atoms with Gasteiger partial charge in [-0.3, -0.25) is 9.78 Å². The molecule has 0 aliphatic carbocycles. The second kappa shape index (κ2) is 7.19. The van der Waals surface area contributed by atoms with E-state index in [4.69, 9.17) is 4.74 Å². The highest BCUT2D eigenvalue weighted by atomic mass is 16.5. The molecule has 0 unspecified atom stereocenters. The minimum absolute atomic E-state index is 0.0311. The zero-order valence-electron chi connectivity index (χ0n) is 13.2. The fourth-order valence-electron chi connectivity index (χ4n) is 2.63. The lowest BCUT2D eigenvalue weighted by Gasteiger charge is -2.30. The molecule has 3 rings (SSSR count). The second-order valence-electron chi connectivity index (χ2n) is 5.49. The molecule has 1 amide bonds. The van der Waals surface area contributed by atoms with Gasteiger partial charge in [0.2, 0.25) is 0 Å². The van der Waals surface area contributed by atoms with Crippen molar-refractivity contribution in [3.8, 4) is 0 Å². The first-order chi connectivity index (χ1) is 11.3. The second-order valence-corrected chi connectivity index (χ2v) is 5.49. The van der Waals surface area contributed by atoms with E-state index < -0.39 is 0 Å². The van der Waals surface area contributed by atoms with Gasteiger partial charge in [-0.05, 0) is 29.8 Å². The van der Waals surface area contributed by atoms with Crippen LogP contribution in [0.5, 0.6) is 0 Å². The summed E-state index contributed by atoms with van der Waals surface area (Å²) in [5.41, 5.74) is 1.68. The van der Waals surface area contributed by atoms with Crippen molar-refractivity contribution in [1.82, 2.24) is 14.9 Å². The quantitative estimate of drug-likeness (QED) is 0.858. The van der Waals surface area contributed by atoms with Gasteiger partial charge in [-0.15, -0.1) is 0 Å². The van der Waals surface area contributed by atoms with Gasteiger partial charge in [-0.25, -0.2) is 4.98 Å². The zero-order valence-corrected chi connectivity index (χ0v) is 13.2. The van der Waals surface area contributed by atoms with Gasteiger partial charge in [0.1, 0.15) is 5.82 Å². The Kier molecular flexibility index (Phi) is 4.83. The van der Waals surface area contributed by atoms with Crippen molar-refractivity contribution in [2.24, 2.45) is 0 Å². The molecule has 1 saturated heterocycles. The first-order valence-electron chi connectivity index (χ1n) is 7.68. The van der Waals surface area contributed by atoms with Crippen LogP contribution >= 0.6 is 0 Å². The van der Waals surface area contributed by atoms with Crippen molar-refractivity contribution in [2.75, 3.05) is 38.3 Å². The molecule has 23 heavy (non-hydrogen) atoms. The smallest absolute Gasteiger partial charge is 0.257 e. The van der Waals surface area contributed by atoms with Crippen LogP contribution in [0.2, 0.25) is 0 Å². The highest BCUT2D eigenvalue weighted by molar-refractivity contribution is 5.98. The fraction of sp³-hybridized carbons (Fsp3) is 0.353. The van der Waals surface area contributed by atoms with Crippen LogP contribution in [0.3, 0.4) is 0 Å². The third-order valence-electron chi connectivity index (χ3n) is 3.84. The van der Waals surface area contributed by atoms with Crippen molar-refractivity contribution in [3.63, 3.8) is 0 Å². The highest BCUT2D eigenvalue weighted by Crippen LogP contribution is 2.20. The SMILES string of the molecule is CN(Cc1ccncc1)C(=O)c1cccnc1N1CCOCC1. The summed E-state index contributed by atoms with van der Waals surface area (Å²) in [6.07, 6.45) is 5.19. The number of nitrogens with zero attached hydrogens (tertiary/aromatic N) is 4. The predicted molar refractivity (Wildman–Crippen MR) is 87.3 cm³/mol. The van der Waals surface area contributed by atoms with Gasteiger partial charge in [0, 0.05) is 45.3 Å². The molecule has 2 aromatic rings. The molecule has 1 aliphatic heterocycles. The molecule has 0 aromatic carbocycles. The number of rotatable bonds is 4. The number of carbonyl (C=O) groups is 1. The first kappa shape index (κ1) is 15.4. The molecule has 0 radical (unpaired) electrons. The van der Waals surface area contributed by atoms with Gasteiger partial charge in [0.25, 0.3) is 5.91 Å². The minimum Gasteiger partial charge on any atom is -0.378 e.